The van der Waals surface area contributed by atoms with Gasteiger partial charge in [0, 0.05) is 6.42 Å². The molecule has 1 rings (SSSR count). The number of carbonyl (C=O) groups excluding carboxylic acids is 1. The van der Waals surface area contributed by atoms with E-state index in [0.29, 0.717) is 6.42 Å². The van der Waals surface area contributed by atoms with Gasteiger partial charge in [-0.1, -0.05) is 51.5 Å². The Morgan fingerprint density at radius 1 is 1.12 bits per heavy atom. The molecule has 7 heteroatoms. The molecule has 1 unspecified atom stereocenters. The van der Waals surface area contributed by atoms with Crippen LogP contribution in [0, 0.1) is 0 Å². The van der Waals surface area contributed by atoms with Crippen LogP contribution < -0.4 is 0 Å². The molecule has 26 heavy (non-hydrogen) atoms. The SMILES string of the molecule is C=CCOC1O[C@H](CO)[C@@H](O)[C@H](O)[C@H]1OC(=O)CCCCCCCCC. The van der Waals surface area contributed by atoms with Gasteiger partial charge >= 0.3 is 5.97 Å². The van der Waals surface area contributed by atoms with Gasteiger partial charge in [0.1, 0.15) is 18.3 Å². The summed E-state index contributed by atoms with van der Waals surface area (Å²) in [5.41, 5.74) is 0. The zero-order valence-electron chi connectivity index (χ0n) is 15.7. The summed E-state index contributed by atoms with van der Waals surface area (Å²) in [4.78, 5) is 12.1. The van der Waals surface area contributed by atoms with E-state index in [0.717, 1.165) is 12.8 Å². The maximum absolute atomic E-state index is 12.1. The number of hydrogen-bond acceptors (Lipinski definition) is 7. The first-order valence-electron chi connectivity index (χ1n) is 9.59. The first-order chi connectivity index (χ1) is 12.5. The normalized spacial score (nSPS) is 28.7. The minimum Gasteiger partial charge on any atom is -0.454 e. The Morgan fingerprint density at radius 3 is 2.38 bits per heavy atom. The molecule has 3 N–H and O–H groups in total. The molecule has 0 amide bonds. The van der Waals surface area contributed by atoms with Crippen LogP contribution in [0.25, 0.3) is 0 Å². The molecule has 1 saturated heterocycles. The van der Waals surface area contributed by atoms with Crippen LogP contribution in [-0.4, -0.2) is 65.2 Å². The lowest BCUT2D eigenvalue weighted by molar-refractivity contribution is -0.301. The lowest BCUT2D eigenvalue weighted by Crippen LogP contribution is -2.60. The summed E-state index contributed by atoms with van der Waals surface area (Å²) >= 11 is 0. The maximum atomic E-state index is 12.1. The first-order valence-corrected chi connectivity index (χ1v) is 9.59. The molecule has 152 valence electrons. The fourth-order valence-electron chi connectivity index (χ4n) is 2.92. The Hall–Kier alpha value is -0.990. The second kappa shape index (κ2) is 13.2. The van der Waals surface area contributed by atoms with E-state index in [1.807, 2.05) is 0 Å². The molecule has 1 aliphatic heterocycles. The number of hydrogen-bond donors (Lipinski definition) is 3. The average Bonchev–Trinajstić information content (AvgIpc) is 2.64. The second-order valence-corrected chi connectivity index (χ2v) is 6.65. The minimum absolute atomic E-state index is 0.122. The van der Waals surface area contributed by atoms with Gasteiger partial charge in [-0.15, -0.1) is 6.58 Å². The predicted molar refractivity (Wildman–Crippen MR) is 96.4 cm³/mol. The van der Waals surface area contributed by atoms with Crippen molar-refractivity contribution in [2.75, 3.05) is 13.2 Å². The van der Waals surface area contributed by atoms with E-state index in [9.17, 15) is 20.1 Å². The fourth-order valence-corrected chi connectivity index (χ4v) is 2.92. The van der Waals surface area contributed by atoms with Gasteiger partial charge in [0.05, 0.1) is 13.2 Å². The van der Waals surface area contributed by atoms with Crippen molar-refractivity contribution < 1.29 is 34.3 Å². The fraction of sp³-hybridized carbons (Fsp3) is 0.842. The van der Waals surface area contributed by atoms with Crippen molar-refractivity contribution in [3.63, 3.8) is 0 Å². The van der Waals surface area contributed by atoms with E-state index in [4.69, 9.17) is 14.2 Å². The number of aliphatic hydroxyl groups excluding tert-OH is 3. The Morgan fingerprint density at radius 2 is 1.77 bits per heavy atom. The Kier molecular flexibility index (Phi) is 11.7. The summed E-state index contributed by atoms with van der Waals surface area (Å²) in [6.45, 7) is 5.34. The molecular formula is C19H34O7. The lowest BCUT2D eigenvalue weighted by Gasteiger charge is -2.41. The number of unbranched alkanes of at least 4 members (excludes halogenated alkanes) is 6. The van der Waals surface area contributed by atoms with Gasteiger partial charge in [-0.05, 0) is 6.42 Å². The highest BCUT2D eigenvalue weighted by Crippen LogP contribution is 2.25. The van der Waals surface area contributed by atoms with Crippen LogP contribution in [0.5, 0.6) is 0 Å². The van der Waals surface area contributed by atoms with Crippen LogP contribution in [0.4, 0.5) is 0 Å². The van der Waals surface area contributed by atoms with Crippen LogP contribution in [-0.2, 0) is 19.0 Å². The third kappa shape index (κ3) is 7.72. The summed E-state index contributed by atoms with van der Waals surface area (Å²) in [6.07, 6.45) is 3.35. The summed E-state index contributed by atoms with van der Waals surface area (Å²) in [5, 5.41) is 29.4. The van der Waals surface area contributed by atoms with Gasteiger partial charge < -0.3 is 29.5 Å². The summed E-state index contributed by atoms with van der Waals surface area (Å²) in [5.74, 6) is -0.465. The standard InChI is InChI=1S/C19H34O7/c1-3-5-6-7-8-9-10-11-15(21)26-18-17(23)16(22)14(13-20)25-19(18)24-12-4-2/h4,14,16-20,22-23H,2-3,5-13H2,1H3/t14-,16-,17+,18-,19?/m1/s1. The summed E-state index contributed by atoms with van der Waals surface area (Å²) < 4.78 is 16.1. The van der Waals surface area contributed by atoms with Gasteiger partial charge in [0.25, 0.3) is 0 Å². The number of carbonyl (C=O) groups is 1. The molecule has 5 atom stereocenters. The molecule has 1 fully saturated rings. The van der Waals surface area contributed by atoms with Crippen LogP contribution in [0.2, 0.25) is 0 Å². The average molecular weight is 374 g/mol. The largest absolute Gasteiger partial charge is 0.454 e. The van der Waals surface area contributed by atoms with Gasteiger partial charge in [0.2, 0.25) is 0 Å². The van der Waals surface area contributed by atoms with Gasteiger partial charge in [-0.2, -0.15) is 0 Å². The monoisotopic (exact) mass is 374 g/mol. The van der Waals surface area contributed by atoms with Gasteiger partial charge in [-0.25, -0.2) is 0 Å². The van der Waals surface area contributed by atoms with E-state index in [2.05, 4.69) is 13.5 Å². The van der Waals surface area contributed by atoms with Crippen molar-refractivity contribution in [2.45, 2.75) is 89.0 Å². The van der Waals surface area contributed by atoms with E-state index in [1.165, 1.54) is 31.8 Å². The number of aliphatic hydroxyl groups is 3. The Labute approximate surface area is 155 Å². The van der Waals surface area contributed by atoms with Crippen molar-refractivity contribution in [3.8, 4) is 0 Å². The first kappa shape index (κ1) is 23.0. The highest BCUT2D eigenvalue weighted by atomic mass is 16.7. The van der Waals surface area contributed by atoms with E-state index in [1.54, 1.807) is 0 Å². The van der Waals surface area contributed by atoms with E-state index in [-0.39, 0.29) is 13.0 Å². The number of ether oxygens (including phenoxy) is 3. The topological polar surface area (TPSA) is 105 Å². The molecule has 0 radical (unpaired) electrons. The quantitative estimate of drug-likeness (QED) is 0.256. The van der Waals surface area contributed by atoms with Gasteiger partial charge in [0.15, 0.2) is 12.4 Å². The molecule has 1 heterocycles. The van der Waals surface area contributed by atoms with E-state index < -0.39 is 43.3 Å². The second-order valence-electron chi connectivity index (χ2n) is 6.65. The molecule has 0 aromatic carbocycles. The highest BCUT2D eigenvalue weighted by molar-refractivity contribution is 5.69. The van der Waals surface area contributed by atoms with Crippen molar-refractivity contribution in [1.29, 1.82) is 0 Å². The minimum atomic E-state index is -1.39. The van der Waals surface area contributed by atoms with Crippen LogP contribution in [0.1, 0.15) is 58.3 Å². The Balaban J connectivity index is 2.44. The van der Waals surface area contributed by atoms with Crippen molar-refractivity contribution in [1.82, 2.24) is 0 Å². The highest BCUT2D eigenvalue weighted by Gasteiger charge is 2.47. The zero-order valence-corrected chi connectivity index (χ0v) is 15.7. The molecular weight excluding hydrogens is 340 g/mol. The predicted octanol–water partition coefficient (Wildman–Crippen LogP) is 1.68. The lowest BCUT2D eigenvalue weighted by atomic mass is 9.99. The Bertz CT molecular complexity index is 401. The van der Waals surface area contributed by atoms with E-state index >= 15 is 0 Å². The summed E-state index contributed by atoms with van der Waals surface area (Å²) in [7, 11) is 0. The smallest absolute Gasteiger partial charge is 0.306 e. The van der Waals surface area contributed by atoms with Crippen molar-refractivity contribution in [2.24, 2.45) is 0 Å². The molecule has 7 nitrogen and oxygen atoms in total. The molecule has 0 aromatic heterocycles. The van der Waals surface area contributed by atoms with Crippen LogP contribution >= 0.6 is 0 Å². The summed E-state index contributed by atoms with van der Waals surface area (Å²) in [6, 6.07) is 0. The number of esters is 1. The molecule has 0 aliphatic carbocycles. The third-order valence-corrected chi connectivity index (χ3v) is 4.45. The van der Waals surface area contributed by atoms with Crippen molar-refractivity contribution in [3.05, 3.63) is 12.7 Å². The van der Waals surface area contributed by atoms with Crippen LogP contribution in [0.15, 0.2) is 12.7 Å². The maximum Gasteiger partial charge on any atom is 0.306 e. The molecule has 0 aromatic rings. The molecule has 0 spiro atoms. The zero-order chi connectivity index (χ0) is 19.4. The molecule has 0 saturated carbocycles. The molecule has 0 bridgehead atoms. The van der Waals surface area contributed by atoms with Gasteiger partial charge in [-0.3, -0.25) is 4.79 Å². The molecule has 1 aliphatic rings. The third-order valence-electron chi connectivity index (χ3n) is 4.45. The van der Waals surface area contributed by atoms with Crippen LogP contribution in [0.3, 0.4) is 0 Å². The van der Waals surface area contributed by atoms with Crippen molar-refractivity contribution >= 4 is 5.97 Å². The number of rotatable bonds is 13.